The predicted molar refractivity (Wildman–Crippen MR) is 97.8 cm³/mol. The van der Waals surface area contributed by atoms with Gasteiger partial charge in [-0.25, -0.2) is 0 Å². The van der Waals surface area contributed by atoms with Crippen molar-refractivity contribution in [3.8, 4) is 5.75 Å². The smallest absolute Gasteiger partial charge is 0.255 e. The summed E-state index contributed by atoms with van der Waals surface area (Å²) in [6.45, 7) is 2.80. The number of amides is 2. The van der Waals surface area contributed by atoms with E-state index >= 15 is 0 Å². The number of likely N-dealkylation sites (tertiary alicyclic amines) is 1. The Bertz CT molecular complexity index is 779. The molecule has 0 aliphatic carbocycles. The first-order valence-corrected chi connectivity index (χ1v) is 8.77. The van der Waals surface area contributed by atoms with Crippen LogP contribution in [0.1, 0.15) is 35.3 Å². The highest BCUT2D eigenvalue weighted by Gasteiger charge is 2.38. The van der Waals surface area contributed by atoms with Crippen LogP contribution in [0.2, 0.25) is 0 Å². The summed E-state index contributed by atoms with van der Waals surface area (Å²) in [5.74, 6) is 0.473. The number of ether oxygens (including phenoxy) is 1. The van der Waals surface area contributed by atoms with Crippen molar-refractivity contribution in [1.29, 1.82) is 0 Å². The number of carbonyl (C=O) groups excluding carboxylic acids is 2. The highest BCUT2D eigenvalue weighted by molar-refractivity contribution is 5.97. The Labute approximate surface area is 153 Å². The molecule has 6 heteroatoms. The minimum Gasteiger partial charge on any atom is -0.493 e. The van der Waals surface area contributed by atoms with Gasteiger partial charge in [-0.05, 0) is 36.8 Å². The molecule has 1 saturated heterocycles. The van der Waals surface area contributed by atoms with Gasteiger partial charge < -0.3 is 15.0 Å². The lowest BCUT2D eigenvalue weighted by Gasteiger charge is -2.25. The molecule has 136 valence electrons. The normalized spacial score (nSPS) is 19.5. The number of nitrogens with zero attached hydrogens (tertiary/aromatic N) is 2. The Balaban J connectivity index is 1.72. The van der Waals surface area contributed by atoms with Gasteiger partial charge in [-0.2, -0.15) is 0 Å². The number of rotatable bonds is 6. The number of para-hydroxylation sites is 1. The molecular formula is C20H23N3O3. The van der Waals surface area contributed by atoms with Gasteiger partial charge in [-0.3, -0.25) is 14.6 Å². The molecular weight excluding hydrogens is 330 g/mol. The molecule has 0 spiro atoms. The maximum absolute atomic E-state index is 12.6. The van der Waals surface area contributed by atoms with Gasteiger partial charge in [-0.1, -0.05) is 12.1 Å². The number of benzene rings is 1. The van der Waals surface area contributed by atoms with Crippen LogP contribution in [0.25, 0.3) is 0 Å². The molecule has 1 aromatic carbocycles. The first-order valence-electron chi connectivity index (χ1n) is 8.77. The summed E-state index contributed by atoms with van der Waals surface area (Å²) in [5, 5.41) is 2.97. The van der Waals surface area contributed by atoms with E-state index in [-0.39, 0.29) is 23.8 Å². The van der Waals surface area contributed by atoms with Crippen molar-refractivity contribution in [3.63, 3.8) is 0 Å². The van der Waals surface area contributed by atoms with Gasteiger partial charge in [0.25, 0.3) is 5.91 Å². The Kier molecular flexibility index (Phi) is 5.51. The molecule has 0 radical (unpaired) electrons. The van der Waals surface area contributed by atoms with E-state index in [9.17, 15) is 9.59 Å². The van der Waals surface area contributed by atoms with Gasteiger partial charge in [0.15, 0.2) is 0 Å². The van der Waals surface area contributed by atoms with Crippen LogP contribution in [-0.4, -0.2) is 41.9 Å². The third-order valence-electron chi connectivity index (χ3n) is 4.70. The summed E-state index contributed by atoms with van der Waals surface area (Å²) in [6, 6.07) is 10.9. The largest absolute Gasteiger partial charge is 0.493 e. The lowest BCUT2D eigenvalue weighted by molar-refractivity contribution is -0.127. The third kappa shape index (κ3) is 3.69. The zero-order valence-corrected chi connectivity index (χ0v) is 15.0. The summed E-state index contributed by atoms with van der Waals surface area (Å²) in [4.78, 5) is 30.6. The van der Waals surface area contributed by atoms with Gasteiger partial charge in [-0.15, -0.1) is 0 Å². The molecule has 1 N–H and O–H groups in total. The molecule has 2 atom stereocenters. The SMILES string of the molecule is CCOc1ccccc1C(=O)NC[C@@H]1CC(=O)N(C)[C@H]1c1ccncc1. The number of hydrogen-bond donors (Lipinski definition) is 1. The Morgan fingerprint density at radius 3 is 2.73 bits per heavy atom. The predicted octanol–water partition coefficient (Wildman–Crippen LogP) is 2.43. The summed E-state index contributed by atoms with van der Waals surface area (Å²) in [6.07, 6.45) is 3.86. The van der Waals surface area contributed by atoms with E-state index in [0.29, 0.717) is 30.9 Å². The minimum absolute atomic E-state index is 0.0121. The average molecular weight is 353 g/mol. The van der Waals surface area contributed by atoms with E-state index in [0.717, 1.165) is 5.56 Å². The van der Waals surface area contributed by atoms with E-state index in [2.05, 4.69) is 10.3 Å². The topological polar surface area (TPSA) is 71.5 Å². The first kappa shape index (κ1) is 17.9. The highest BCUT2D eigenvalue weighted by Crippen LogP contribution is 2.36. The fourth-order valence-corrected chi connectivity index (χ4v) is 3.45. The maximum Gasteiger partial charge on any atom is 0.255 e. The zero-order chi connectivity index (χ0) is 18.5. The van der Waals surface area contributed by atoms with Crippen molar-refractivity contribution < 1.29 is 14.3 Å². The second-order valence-corrected chi connectivity index (χ2v) is 6.33. The second kappa shape index (κ2) is 7.99. The standard InChI is InChI=1S/C20H23N3O3/c1-3-26-17-7-5-4-6-16(17)20(25)22-13-15-12-18(24)23(2)19(15)14-8-10-21-11-9-14/h4-11,15,19H,3,12-13H2,1-2H3,(H,22,25)/t15-,19-/m0/s1. The average Bonchev–Trinajstić information content (AvgIpc) is 2.95. The molecule has 1 aliphatic rings. The molecule has 2 heterocycles. The van der Waals surface area contributed by atoms with E-state index in [1.54, 1.807) is 36.5 Å². The van der Waals surface area contributed by atoms with Crippen LogP contribution < -0.4 is 10.1 Å². The summed E-state index contributed by atoms with van der Waals surface area (Å²) in [7, 11) is 1.81. The molecule has 1 aromatic heterocycles. The van der Waals surface area contributed by atoms with Gasteiger partial charge in [0.2, 0.25) is 5.91 Å². The number of nitrogens with one attached hydrogen (secondary N) is 1. The molecule has 2 amide bonds. The van der Waals surface area contributed by atoms with E-state index < -0.39 is 0 Å². The fourth-order valence-electron chi connectivity index (χ4n) is 3.45. The first-order chi connectivity index (χ1) is 12.6. The van der Waals surface area contributed by atoms with Crippen molar-refractivity contribution in [2.45, 2.75) is 19.4 Å². The lowest BCUT2D eigenvalue weighted by Crippen LogP contribution is -2.32. The van der Waals surface area contributed by atoms with Crippen LogP contribution >= 0.6 is 0 Å². The second-order valence-electron chi connectivity index (χ2n) is 6.33. The van der Waals surface area contributed by atoms with Crippen LogP contribution in [0.3, 0.4) is 0 Å². The fraction of sp³-hybridized carbons (Fsp3) is 0.350. The summed E-state index contributed by atoms with van der Waals surface area (Å²) < 4.78 is 5.52. The molecule has 0 saturated carbocycles. The van der Waals surface area contributed by atoms with Gasteiger partial charge in [0.1, 0.15) is 5.75 Å². The van der Waals surface area contributed by atoms with Crippen LogP contribution in [-0.2, 0) is 4.79 Å². The highest BCUT2D eigenvalue weighted by atomic mass is 16.5. The summed E-state index contributed by atoms with van der Waals surface area (Å²) in [5.41, 5.74) is 1.54. The van der Waals surface area contributed by atoms with Crippen LogP contribution in [0.4, 0.5) is 0 Å². The quantitative estimate of drug-likeness (QED) is 0.866. The van der Waals surface area contributed by atoms with Crippen molar-refractivity contribution in [3.05, 3.63) is 59.9 Å². The van der Waals surface area contributed by atoms with E-state index in [1.165, 1.54) is 0 Å². The van der Waals surface area contributed by atoms with Crippen molar-refractivity contribution in [2.75, 3.05) is 20.2 Å². The van der Waals surface area contributed by atoms with Crippen molar-refractivity contribution in [1.82, 2.24) is 15.2 Å². The molecule has 0 unspecified atom stereocenters. The molecule has 1 fully saturated rings. The molecule has 6 nitrogen and oxygen atoms in total. The Morgan fingerprint density at radius 2 is 2.00 bits per heavy atom. The number of aromatic nitrogens is 1. The molecule has 2 aromatic rings. The van der Waals surface area contributed by atoms with E-state index in [1.807, 2.05) is 31.2 Å². The van der Waals surface area contributed by atoms with Gasteiger partial charge in [0.05, 0.1) is 18.2 Å². The number of hydrogen-bond acceptors (Lipinski definition) is 4. The maximum atomic E-state index is 12.6. The molecule has 26 heavy (non-hydrogen) atoms. The van der Waals surface area contributed by atoms with Crippen LogP contribution in [0.5, 0.6) is 5.75 Å². The lowest BCUT2D eigenvalue weighted by atomic mass is 9.94. The number of carbonyl (C=O) groups is 2. The molecule has 3 rings (SSSR count). The van der Waals surface area contributed by atoms with Crippen molar-refractivity contribution >= 4 is 11.8 Å². The van der Waals surface area contributed by atoms with Crippen LogP contribution in [0.15, 0.2) is 48.8 Å². The third-order valence-corrected chi connectivity index (χ3v) is 4.70. The number of pyridine rings is 1. The van der Waals surface area contributed by atoms with E-state index in [4.69, 9.17) is 4.74 Å². The Morgan fingerprint density at radius 1 is 1.27 bits per heavy atom. The summed E-state index contributed by atoms with van der Waals surface area (Å²) >= 11 is 0. The van der Waals surface area contributed by atoms with Gasteiger partial charge >= 0.3 is 0 Å². The van der Waals surface area contributed by atoms with Gasteiger partial charge in [0, 0.05) is 38.3 Å². The Hall–Kier alpha value is -2.89. The van der Waals surface area contributed by atoms with Crippen molar-refractivity contribution in [2.24, 2.45) is 5.92 Å². The zero-order valence-electron chi connectivity index (χ0n) is 15.0. The minimum atomic E-state index is -0.190. The molecule has 0 bridgehead atoms. The monoisotopic (exact) mass is 353 g/mol. The molecule has 1 aliphatic heterocycles. The van der Waals surface area contributed by atoms with Crippen LogP contribution in [0, 0.1) is 5.92 Å².